The SMILES string of the molecule is Cn1cc([C@H](Nc2cc(Cl)c3ncc(C#N)c(Nc4ccc(F)c(Cl)c4)c3c2)c2cccc(CN3CCCC3)c2)nn1. The number of rotatable bonds is 8. The molecule has 42 heavy (non-hydrogen) atoms. The van der Waals surface area contributed by atoms with Crippen LogP contribution < -0.4 is 10.6 Å². The lowest BCUT2D eigenvalue weighted by molar-refractivity contribution is 0.331. The average Bonchev–Trinajstić information content (AvgIpc) is 3.66. The Morgan fingerprint density at radius 1 is 1.05 bits per heavy atom. The lowest BCUT2D eigenvalue weighted by Crippen LogP contribution is -2.19. The van der Waals surface area contributed by atoms with E-state index in [9.17, 15) is 9.65 Å². The van der Waals surface area contributed by atoms with E-state index in [2.05, 4.69) is 61.2 Å². The monoisotopic (exact) mass is 600 g/mol. The summed E-state index contributed by atoms with van der Waals surface area (Å²) in [5.41, 5.74) is 5.53. The van der Waals surface area contributed by atoms with Gasteiger partial charge in [-0.3, -0.25) is 14.6 Å². The maximum atomic E-state index is 13.8. The zero-order valence-electron chi connectivity index (χ0n) is 22.8. The number of pyridine rings is 1. The summed E-state index contributed by atoms with van der Waals surface area (Å²) < 4.78 is 15.5. The molecule has 0 radical (unpaired) electrons. The first-order valence-corrected chi connectivity index (χ1v) is 14.3. The van der Waals surface area contributed by atoms with Crippen LogP contribution in [0.25, 0.3) is 10.9 Å². The molecule has 1 saturated heterocycles. The van der Waals surface area contributed by atoms with Crippen LogP contribution in [-0.2, 0) is 13.6 Å². The van der Waals surface area contributed by atoms with Crippen LogP contribution in [0.5, 0.6) is 0 Å². The molecule has 212 valence electrons. The Morgan fingerprint density at radius 3 is 2.60 bits per heavy atom. The topological polar surface area (TPSA) is 94.7 Å². The van der Waals surface area contributed by atoms with E-state index in [0.717, 1.165) is 30.9 Å². The fourth-order valence-corrected chi connectivity index (χ4v) is 5.79. The zero-order chi connectivity index (χ0) is 29.2. The molecule has 2 N–H and O–H groups in total. The molecule has 8 nitrogen and oxygen atoms in total. The molecule has 3 aromatic carbocycles. The van der Waals surface area contributed by atoms with Gasteiger partial charge in [0.25, 0.3) is 0 Å². The number of anilines is 3. The Bertz CT molecular complexity index is 1810. The lowest BCUT2D eigenvalue weighted by Gasteiger charge is -2.21. The third-order valence-electron chi connectivity index (χ3n) is 7.35. The van der Waals surface area contributed by atoms with Crippen molar-refractivity contribution >= 4 is 51.2 Å². The predicted molar refractivity (Wildman–Crippen MR) is 164 cm³/mol. The van der Waals surface area contributed by atoms with E-state index in [4.69, 9.17) is 23.2 Å². The molecule has 6 rings (SSSR count). The van der Waals surface area contributed by atoms with Crippen LogP contribution in [0.2, 0.25) is 10.0 Å². The smallest absolute Gasteiger partial charge is 0.141 e. The van der Waals surface area contributed by atoms with Crippen molar-refractivity contribution in [1.29, 1.82) is 5.26 Å². The predicted octanol–water partition coefficient (Wildman–Crippen LogP) is 7.22. The minimum absolute atomic E-state index is 0.0315. The van der Waals surface area contributed by atoms with E-state index in [0.29, 0.717) is 38.6 Å². The Morgan fingerprint density at radius 2 is 1.86 bits per heavy atom. The van der Waals surface area contributed by atoms with Gasteiger partial charge in [0.15, 0.2) is 0 Å². The van der Waals surface area contributed by atoms with E-state index in [1.54, 1.807) is 16.8 Å². The number of nitrogens with one attached hydrogen (secondary N) is 2. The van der Waals surface area contributed by atoms with Gasteiger partial charge in [-0.05, 0) is 67.4 Å². The van der Waals surface area contributed by atoms with Gasteiger partial charge in [0, 0.05) is 36.6 Å². The molecule has 0 bridgehead atoms. The molecular weight excluding hydrogens is 574 g/mol. The van der Waals surface area contributed by atoms with Crippen molar-refractivity contribution in [2.75, 3.05) is 23.7 Å². The molecular formula is C31H27Cl2FN8. The summed E-state index contributed by atoms with van der Waals surface area (Å²) in [5.74, 6) is -0.531. The second kappa shape index (κ2) is 11.9. The number of benzene rings is 3. The molecule has 2 aromatic heterocycles. The van der Waals surface area contributed by atoms with E-state index in [-0.39, 0.29) is 11.1 Å². The summed E-state index contributed by atoms with van der Waals surface area (Å²) >= 11 is 12.8. The van der Waals surface area contributed by atoms with Crippen molar-refractivity contribution < 1.29 is 4.39 Å². The lowest BCUT2D eigenvalue weighted by atomic mass is 10.0. The standard InChI is InChI=1S/C31H27Cl2FN8/c1-41-18-28(39-40-41)30(20-6-4-5-19(11-20)17-42-9-2-3-10-42)38-23-12-24-29(37-22-7-8-27(34)25(32)13-22)21(15-35)16-36-31(24)26(33)14-23/h4-8,11-14,16,18,30,38H,2-3,9-10,17H2,1H3,(H,36,37)/t30-/m1/s1. The van der Waals surface area contributed by atoms with Crippen LogP contribution in [0.15, 0.2) is 67.0 Å². The van der Waals surface area contributed by atoms with E-state index in [1.165, 1.54) is 36.7 Å². The van der Waals surface area contributed by atoms with Crippen LogP contribution in [0.1, 0.15) is 41.3 Å². The molecule has 11 heteroatoms. The Hall–Kier alpha value is -4.23. The van der Waals surface area contributed by atoms with Gasteiger partial charge in [-0.1, -0.05) is 52.7 Å². The molecule has 0 saturated carbocycles. The molecule has 5 aromatic rings. The first kappa shape index (κ1) is 27.9. The quantitative estimate of drug-likeness (QED) is 0.194. The summed E-state index contributed by atoms with van der Waals surface area (Å²) in [7, 11) is 1.83. The van der Waals surface area contributed by atoms with Gasteiger partial charge in [-0.15, -0.1) is 5.10 Å². The molecule has 3 heterocycles. The molecule has 1 aliphatic rings. The Labute approximate surface area is 252 Å². The maximum absolute atomic E-state index is 13.8. The number of likely N-dealkylation sites (tertiary alicyclic amines) is 1. The van der Waals surface area contributed by atoms with Crippen LogP contribution in [0, 0.1) is 17.1 Å². The molecule has 0 unspecified atom stereocenters. The van der Waals surface area contributed by atoms with Gasteiger partial charge < -0.3 is 10.6 Å². The molecule has 1 atom stereocenters. The number of nitrogens with zero attached hydrogens (tertiary/aromatic N) is 6. The highest BCUT2D eigenvalue weighted by Gasteiger charge is 2.21. The maximum Gasteiger partial charge on any atom is 0.141 e. The summed E-state index contributed by atoms with van der Waals surface area (Å²) in [5, 5.41) is 26.3. The summed E-state index contributed by atoms with van der Waals surface area (Å²) in [6.45, 7) is 3.13. The van der Waals surface area contributed by atoms with Crippen molar-refractivity contribution in [2.45, 2.75) is 25.4 Å². The van der Waals surface area contributed by atoms with E-state index >= 15 is 0 Å². The largest absolute Gasteiger partial charge is 0.373 e. The number of hydrogen-bond acceptors (Lipinski definition) is 7. The number of halogens is 3. The molecule has 1 fully saturated rings. The number of aryl methyl sites for hydroxylation is 1. The van der Waals surface area contributed by atoms with Crippen LogP contribution in [-0.4, -0.2) is 38.0 Å². The third-order valence-corrected chi connectivity index (χ3v) is 7.93. The van der Waals surface area contributed by atoms with Crippen molar-refractivity contribution in [1.82, 2.24) is 24.9 Å². The minimum Gasteiger partial charge on any atom is -0.373 e. The third kappa shape index (κ3) is 5.88. The van der Waals surface area contributed by atoms with Gasteiger partial charge in [-0.25, -0.2) is 4.39 Å². The van der Waals surface area contributed by atoms with Crippen LogP contribution in [0.3, 0.4) is 0 Å². The van der Waals surface area contributed by atoms with Gasteiger partial charge >= 0.3 is 0 Å². The normalized spacial score (nSPS) is 14.2. The van der Waals surface area contributed by atoms with Gasteiger partial charge in [0.2, 0.25) is 0 Å². The van der Waals surface area contributed by atoms with E-state index < -0.39 is 5.82 Å². The molecule has 0 amide bonds. The number of fused-ring (bicyclic) bond motifs is 1. The van der Waals surface area contributed by atoms with Crippen molar-refractivity contribution in [2.24, 2.45) is 7.05 Å². The average molecular weight is 602 g/mol. The molecule has 0 aliphatic carbocycles. The van der Waals surface area contributed by atoms with E-state index in [1.807, 2.05) is 19.3 Å². The Balaban J connectivity index is 1.40. The van der Waals surface area contributed by atoms with Crippen molar-refractivity contribution in [3.8, 4) is 6.07 Å². The Kier molecular flexibility index (Phi) is 7.94. The van der Waals surface area contributed by atoms with Gasteiger partial charge in [0.05, 0.1) is 39.1 Å². The summed E-state index contributed by atoms with van der Waals surface area (Å²) in [6, 6.07) is 18.3. The number of hydrogen-bond donors (Lipinski definition) is 2. The summed E-state index contributed by atoms with van der Waals surface area (Å²) in [4.78, 5) is 6.92. The molecule has 0 spiro atoms. The first-order chi connectivity index (χ1) is 20.4. The number of nitriles is 1. The van der Waals surface area contributed by atoms with Crippen molar-refractivity contribution in [3.63, 3.8) is 0 Å². The highest BCUT2D eigenvalue weighted by molar-refractivity contribution is 6.36. The highest BCUT2D eigenvalue weighted by Crippen LogP contribution is 2.37. The van der Waals surface area contributed by atoms with Crippen molar-refractivity contribution in [3.05, 3.63) is 105 Å². The number of aromatic nitrogens is 4. The molecule has 1 aliphatic heterocycles. The zero-order valence-corrected chi connectivity index (χ0v) is 24.3. The van der Waals surface area contributed by atoms with Crippen LogP contribution in [0.4, 0.5) is 21.5 Å². The van der Waals surface area contributed by atoms with Gasteiger partial charge in [0.1, 0.15) is 17.6 Å². The second-order valence-electron chi connectivity index (χ2n) is 10.4. The fraction of sp³-hybridized carbons (Fsp3) is 0.226. The first-order valence-electron chi connectivity index (χ1n) is 13.6. The second-order valence-corrected chi connectivity index (χ2v) is 11.2. The fourth-order valence-electron chi connectivity index (χ4n) is 5.34. The van der Waals surface area contributed by atoms with Gasteiger partial charge in [-0.2, -0.15) is 5.26 Å². The highest BCUT2D eigenvalue weighted by atomic mass is 35.5. The minimum atomic E-state index is -0.531. The van der Waals surface area contributed by atoms with Crippen LogP contribution >= 0.6 is 23.2 Å². The summed E-state index contributed by atoms with van der Waals surface area (Å²) in [6.07, 6.45) is 5.82.